The first kappa shape index (κ1) is 15.8. The molecule has 0 saturated heterocycles. The highest BCUT2D eigenvalue weighted by Crippen LogP contribution is 2.23. The number of anilines is 2. The van der Waals surface area contributed by atoms with Crippen molar-refractivity contribution in [2.75, 3.05) is 16.8 Å². The molecule has 0 atom stereocenters. The lowest BCUT2D eigenvalue weighted by Crippen LogP contribution is -2.39. The summed E-state index contributed by atoms with van der Waals surface area (Å²) in [5, 5.41) is 4.05. The minimum Gasteiger partial charge on any atom is -0.307 e. The highest BCUT2D eigenvalue weighted by molar-refractivity contribution is 6.31. The summed E-state index contributed by atoms with van der Waals surface area (Å²) >= 11 is 11.9. The molecule has 1 heterocycles. The van der Waals surface area contributed by atoms with Gasteiger partial charge in [0.25, 0.3) is 0 Å². The van der Waals surface area contributed by atoms with Gasteiger partial charge in [-0.25, -0.2) is 4.79 Å². The number of aliphatic imine (C=N–C) groups is 1. The van der Waals surface area contributed by atoms with E-state index in [9.17, 15) is 4.79 Å². The number of nitrogens with zero attached hydrogens (tertiary/aromatic N) is 2. The van der Waals surface area contributed by atoms with Crippen LogP contribution in [0.25, 0.3) is 0 Å². The molecule has 0 saturated carbocycles. The largest absolute Gasteiger partial charge is 0.331 e. The maximum atomic E-state index is 12.8. The molecule has 3 rings (SSSR count). The summed E-state index contributed by atoms with van der Waals surface area (Å²) in [5.74, 6) is 0.756. The maximum absolute atomic E-state index is 12.8. The standard InChI is InChI=1S/C17H15Cl2N3O/c18-12-6-8-15(9-7-12)22(16-5-2-10-20-16)17(23)21-14-4-1-3-13(19)11-14/h1,3-4,6-9,11H,2,5,10H2,(H,21,23). The number of urea groups is 1. The van der Waals surface area contributed by atoms with Gasteiger partial charge in [0, 0.05) is 28.7 Å². The summed E-state index contributed by atoms with van der Waals surface area (Å²) < 4.78 is 0. The van der Waals surface area contributed by atoms with E-state index in [1.807, 2.05) is 0 Å². The average molecular weight is 348 g/mol. The molecule has 0 aromatic heterocycles. The zero-order valence-electron chi connectivity index (χ0n) is 12.3. The number of halogens is 2. The van der Waals surface area contributed by atoms with Gasteiger partial charge in [0.2, 0.25) is 0 Å². The Morgan fingerprint density at radius 1 is 1.09 bits per heavy atom. The molecule has 1 aliphatic rings. The minimum absolute atomic E-state index is 0.268. The molecule has 23 heavy (non-hydrogen) atoms. The summed E-state index contributed by atoms with van der Waals surface area (Å²) in [7, 11) is 0. The van der Waals surface area contributed by atoms with Gasteiger partial charge in [-0.2, -0.15) is 0 Å². The van der Waals surface area contributed by atoms with Crippen LogP contribution in [0.15, 0.2) is 53.5 Å². The van der Waals surface area contributed by atoms with E-state index in [0.29, 0.717) is 15.7 Å². The minimum atomic E-state index is -0.268. The maximum Gasteiger partial charge on any atom is 0.331 e. The Morgan fingerprint density at radius 3 is 2.52 bits per heavy atom. The number of hydrogen-bond acceptors (Lipinski definition) is 2. The van der Waals surface area contributed by atoms with Crippen molar-refractivity contribution in [2.24, 2.45) is 4.99 Å². The van der Waals surface area contributed by atoms with Crippen LogP contribution in [0.4, 0.5) is 16.2 Å². The fourth-order valence-electron chi connectivity index (χ4n) is 2.43. The van der Waals surface area contributed by atoms with Crippen LogP contribution in [0.2, 0.25) is 10.0 Å². The van der Waals surface area contributed by atoms with E-state index in [2.05, 4.69) is 10.3 Å². The Morgan fingerprint density at radius 2 is 1.87 bits per heavy atom. The second-order valence-electron chi connectivity index (χ2n) is 5.15. The second kappa shape index (κ2) is 7.02. The van der Waals surface area contributed by atoms with Gasteiger partial charge in [0.15, 0.2) is 0 Å². The van der Waals surface area contributed by atoms with Crippen LogP contribution >= 0.6 is 23.2 Å². The summed E-state index contributed by atoms with van der Waals surface area (Å²) in [5.41, 5.74) is 1.37. The lowest BCUT2D eigenvalue weighted by molar-refractivity contribution is 0.259. The predicted molar refractivity (Wildman–Crippen MR) is 95.9 cm³/mol. The van der Waals surface area contributed by atoms with Crippen molar-refractivity contribution in [1.29, 1.82) is 0 Å². The molecule has 6 heteroatoms. The van der Waals surface area contributed by atoms with E-state index in [1.165, 1.54) is 0 Å². The molecule has 0 spiro atoms. The highest BCUT2D eigenvalue weighted by Gasteiger charge is 2.23. The Hall–Kier alpha value is -2.04. The highest BCUT2D eigenvalue weighted by atomic mass is 35.5. The average Bonchev–Trinajstić information content (AvgIpc) is 3.03. The second-order valence-corrected chi connectivity index (χ2v) is 6.03. The lowest BCUT2D eigenvalue weighted by Gasteiger charge is -2.23. The molecule has 0 fully saturated rings. The lowest BCUT2D eigenvalue weighted by atomic mass is 10.2. The van der Waals surface area contributed by atoms with Crippen LogP contribution in [0, 0.1) is 0 Å². The van der Waals surface area contributed by atoms with Crippen molar-refractivity contribution in [3.8, 4) is 0 Å². The molecule has 0 radical (unpaired) electrons. The summed E-state index contributed by atoms with van der Waals surface area (Å²) in [4.78, 5) is 18.8. The Balaban J connectivity index is 1.88. The molecule has 2 amide bonds. The van der Waals surface area contributed by atoms with Crippen LogP contribution in [0.5, 0.6) is 0 Å². The van der Waals surface area contributed by atoms with E-state index in [4.69, 9.17) is 23.2 Å². The Kier molecular flexibility index (Phi) is 4.84. The van der Waals surface area contributed by atoms with E-state index >= 15 is 0 Å². The van der Waals surface area contributed by atoms with Crippen LogP contribution < -0.4 is 10.2 Å². The van der Waals surface area contributed by atoms with Crippen molar-refractivity contribution in [3.63, 3.8) is 0 Å². The number of carbonyl (C=O) groups excluding carboxylic acids is 1. The molecule has 118 valence electrons. The summed E-state index contributed by atoms with van der Waals surface area (Å²) in [6, 6.07) is 13.9. The first-order valence-corrected chi connectivity index (χ1v) is 8.04. The number of benzene rings is 2. The van der Waals surface area contributed by atoms with E-state index in [0.717, 1.165) is 30.9 Å². The number of rotatable bonds is 2. The van der Waals surface area contributed by atoms with Crippen LogP contribution in [0.3, 0.4) is 0 Å². The van der Waals surface area contributed by atoms with Gasteiger partial charge < -0.3 is 5.32 Å². The van der Waals surface area contributed by atoms with E-state index < -0.39 is 0 Å². The molecular weight excluding hydrogens is 333 g/mol. The Bertz CT molecular complexity index is 744. The van der Waals surface area contributed by atoms with Crippen molar-refractivity contribution in [2.45, 2.75) is 12.8 Å². The van der Waals surface area contributed by atoms with Gasteiger partial charge >= 0.3 is 6.03 Å². The van der Waals surface area contributed by atoms with Crippen LogP contribution in [0.1, 0.15) is 12.8 Å². The smallest absolute Gasteiger partial charge is 0.307 e. The van der Waals surface area contributed by atoms with Gasteiger partial charge in [0.1, 0.15) is 5.84 Å². The molecule has 0 aliphatic carbocycles. The third-order valence-corrected chi connectivity index (χ3v) is 3.96. The summed E-state index contributed by atoms with van der Waals surface area (Å²) in [6.45, 7) is 0.740. The molecule has 2 aromatic rings. The van der Waals surface area contributed by atoms with Crippen molar-refractivity contribution in [1.82, 2.24) is 0 Å². The fourth-order valence-corrected chi connectivity index (χ4v) is 2.74. The third-order valence-electron chi connectivity index (χ3n) is 3.47. The number of hydrogen-bond donors (Lipinski definition) is 1. The van der Waals surface area contributed by atoms with E-state index in [-0.39, 0.29) is 6.03 Å². The van der Waals surface area contributed by atoms with Gasteiger partial charge in [-0.1, -0.05) is 29.3 Å². The van der Waals surface area contributed by atoms with Crippen LogP contribution in [-0.4, -0.2) is 18.4 Å². The first-order valence-electron chi connectivity index (χ1n) is 7.29. The molecule has 1 N–H and O–H groups in total. The molecule has 4 nitrogen and oxygen atoms in total. The number of amidine groups is 1. The number of nitrogens with one attached hydrogen (secondary N) is 1. The monoisotopic (exact) mass is 347 g/mol. The van der Waals surface area contributed by atoms with Crippen molar-refractivity contribution < 1.29 is 4.79 Å². The van der Waals surface area contributed by atoms with Gasteiger partial charge in [-0.05, 0) is 48.9 Å². The summed E-state index contributed by atoms with van der Waals surface area (Å²) in [6.07, 6.45) is 1.72. The molecule has 0 unspecified atom stereocenters. The zero-order chi connectivity index (χ0) is 16.2. The molecule has 2 aromatic carbocycles. The predicted octanol–water partition coefficient (Wildman–Crippen LogP) is 5.22. The molecule has 1 aliphatic heterocycles. The molecule has 0 bridgehead atoms. The SMILES string of the molecule is O=C(Nc1cccc(Cl)c1)N(C1=NCCC1)c1ccc(Cl)cc1. The van der Waals surface area contributed by atoms with Gasteiger partial charge in [-0.3, -0.25) is 9.89 Å². The normalized spacial score (nSPS) is 13.6. The first-order chi connectivity index (χ1) is 11.1. The van der Waals surface area contributed by atoms with Crippen LogP contribution in [-0.2, 0) is 0 Å². The Labute approximate surface area is 144 Å². The van der Waals surface area contributed by atoms with Gasteiger partial charge in [-0.15, -0.1) is 0 Å². The topological polar surface area (TPSA) is 44.7 Å². The third kappa shape index (κ3) is 3.84. The van der Waals surface area contributed by atoms with Crippen molar-refractivity contribution >= 4 is 46.4 Å². The zero-order valence-corrected chi connectivity index (χ0v) is 13.8. The van der Waals surface area contributed by atoms with Crippen molar-refractivity contribution in [3.05, 3.63) is 58.6 Å². The van der Waals surface area contributed by atoms with Gasteiger partial charge in [0.05, 0.1) is 5.69 Å². The number of amides is 2. The number of carbonyl (C=O) groups is 1. The molecular formula is C17H15Cl2N3O. The quantitative estimate of drug-likeness (QED) is 0.794. The van der Waals surface area contributed by atoms with E-state index in [1.54, 1.807) is 53.4 Å². The fraction of sp³-hybridized carbons (Fsp3) is 0.176.